The summed E-state index contributed by atoms with van der Waals surface area (Å²) < 4.78 is 0. The molecular weight excluding hydrogens is 218 g/mol. The number of rotatable bonds is 5. The molecule has 0 spiro atoms. The standard InChI is InChI=1S/C12H23N3O2/c1-4-15(5-2)12(17)9(3)14-10-7-6-8-13-11(10)16/h9-10,14H,4-8H2,1-3H3,(H,13,16). The van der Waals surface area contributed by atoms with Crippen LogP contribution in [0.2, 0.25) is 0 Å². The van der Waals surface area contributed by atoms with Gasteiger partial charge in [-0.3, -0.25) is 14.9 Å². The van der Waals surface area contributed by atoms with E-state index >= 15 is 0 Å². The zero-order valence-corrected chi connectivity index (χ0v) is 11.0. The highest BCUT2D eigenvalue weighted by Crippen LogP contribution is 2.05. The first kappa shape index (κ1) is 14.0. The Morgan fingerprint density at radius 1 is 1.53 bits per heavy atom. The molecular formula is C12H23N3O2. The summed E-state index contributed by atoms with van der Waals surface area (Å²) in [6.07, 6.45) is 1.78. The van der Waals surface area contributed by atoms with E-state index in [9.17, 15) is 9.59 Å². The van der Waals surface area contributed by atoms with Gasteiger partial charge in [-0.1, -0.05) is 0 Å². The van der Waals surface area contributed by atoms with Crippen molar-refractivity contribution in [1.29, 1.82) is 0 Å². The van der Waals surface area contributed by atoms with Crippen LogP contribution >= 0.6 is 0 Å². The van der Waals surface area contributed by atoms with E-state index in [0.29, 0.717) is 13.1 Å². The Kier molecular flexibility index (Phi) is 5.41. The monoisotopic (exact) mass is 241 g/mol. The van der Waals surface area contributed by atoms with Gasteiger partial charge >= 0.3 is 0 Å². The van der Waals surface area contributed by atoms with Crippen LogP contribution in [0, 0.1) is 0 Å². The number of piperidine rings is 1. The first-order chi connectivity index (χ1) is 8.10. The third-order valence-corrected chi connectivity index (χ3v) is 3.18. The van der Waals surface area contributed by atoms with Crippen LogP contribution in [-0.4, -0.2) is 48.4 Å². The van der Waals surface area contributed by atoms with Crippen molar-refractivity contribution in [2.24, 2.45) is 0 Å². The lowest BCUT2D eigenvalue weighted by Gasteiger charge is -2.28. The molecule has 0 aromatic heterocycles. The summed E-state index contributed by atoms with van der Waals surface area (Å²) in [5.74, 6) is 0.0730. The molecule has 1 saturated heterocycles. The van der Waals surface area contributed by atoms with Crippen molar-refractivity contribution in [1.82, 2.24) is 15.5 Å². The van der Waals surface area contributed by atoms with E-state index in [2.05, 4.69) is 10.6 Å². The molecule has 0 bridgehead atoms. The molecule has 0 aromatic rings. The molecule has 2 amide bonds. The second-order valence-corrected chi connectivity index (χ2v) is 4.38. The number of likely N-dealkylation sites (N-methyl/N-ethyl adjacent to an activating group) is 1. The van der Waals surface area contributed by atoms with Crippen molar-refractivity contribution in [3.05, 3.63) is 0 Å². The molecule has 0 aromatic carbocycles. The largest absolute Gasteiger partial charge is 0.355 e. The minimum atomic E-state index is -0.302. The van der Waals surface area contributed by atoms with Gasteiger partial charge in [0, 0.05) is 19.6 Å². The lowest BCUT2D eigenvalue weighted by Crippen LogP contribution is -2.55. The molecule has 1 heterocycles. The van der Waals surface area contributed by atoms with Gasteiger partial charge in [0.05, 0.1) is 12.1 Å². The van der Waals surface area contributed by atoms with E-state index in [1.165, 1.54) is 0 Å². The van der Waals surface area contributed by atoms with E-state index in [1.54, 1.807) is 4.90 Å². The van der Waals surface area contributed by atoms with Gasteiger partial charge in [-0.25, -0.2) is 0 Å². The molecule has 98 valence electrons. The third-order valence-electron chi connectivity index (χ3n) is 3.18. The molecule has 5 heteroatoms. The van der Waals surface area contributed by atoms with Crippen LogP contribution in [0.5, 0.6) is 0 Å². The van der Waals surface area contributed by atoms with Crippen LogP contribution in [0.25, 0.3) is 0 Å². The summed E-state index contributed by atoms with van der Waals surface area (Å²) in [6, 6.07) is -0.526. The molecule has 2 unspecified atom stereocenters. The van der Waals surface area contributed by atoms with Gasteiger partial charge < -0.3 is 10.2 Å². The Morgan fingerprint density at radius 2 is 2.18 bits per heavy atom. The van der Waals surface area contributed by atoms with Gasteiger partial charge in [-0.2, -0.15) is 0 Å². The van der Waals surface area contributed by atoms with Gasteiger partial charge in [-0.15, -0.1) is 0 Å². The highest BCUT2D eigenvalue weighted by molar-refractivity contribution is 5.85. The molecule has 1 fully saturated rings. The van der Waals surface area contributed by atoms with Gasteiger partial charge in [0.1, 0.15) is 0 Å². The molecule has 0 radical (unpaired) electrons. The first-order valence-corrected chi connectivity index (χ1v) is 6.42. The van der Waals surface area contributed by atoms with Crippen LogP contribution in [0.4, 0.5) is 0 Å². The van der Waals surface area contributed by atoms with Crippen molar-refractivity contribution >= 4 is 11.8 Å². The average Bonchev–Trinajstić information content (AvgIpc) is 2.33. The summed E-state index contributed by atoms with van der Waals surface area (Å²) in [7, 11) is 0. The zero-order chi connectivity index (χ0) is 12.8. The fourth-order valence-corrected chi connectivity index (χ4v) is 2.11. The van der Waals surface area contributed by atoms with Crippen LogP contribution in [0.1, 0.15) is 33.6 Å². The fourth-order valence-electron chi connectivity index (χ4n) is 2.11. The Bertz CT molecular complexity index is 277. The first-order valence-electron chi connectivity index (χ1n) is 6.42. The van der Waals surface area contributed by atoms with Crippen LogP contribution in [0.15, 0.2) is 0 Å². The van der Waals surface area contributed by atoms with Gasteiger partial charge in [-0.05, 0) is 33.6 Å². The maximum atomic E-state index is 12.0. The molecule has 1 aliphatic heterocycles. The minimum absolute atomic E-state index is 0.00967. The second kappa shape index (κ2) is 6.59. The van der Waals surface area contributed by atoms with E-state index in [0.717, 1.165) is 19.4 Å². The maximum absolute atomic E-state index is 12.0. The smallest absolute Gasteiger partial charge is 0.239 e. The van der Waals surface area contributed by atoms with Crippen molar-refractivity contribution in [3.63, 3.8) is 0 Å². The van der Waals surface area contributed by atoms with Crippen LogP contribution < -0.4 is 10.6 Å². The van der Waals surface area contributed by atoms with Gasteiger partial charge in [0.2, 0.25) is 11.8 Å². The fraction of sp³-hybridized carbons (Fsp3) is 0.833. The third kappa shape index (κ3) is 3.70. The SMILES string of the molecule is CCN(CC)C(=O)C(C)NC1CCCNC1=O. The molecule has 2 atom stereocenters. The lowest BCUT2D eigenvalue weighted by atomic mass is 10.1. The van der Waals surface area contributed by atoms with Crippen molar-refractivity contribution < 1.29 is 9.59 Å². The highest BCUT2D eigenvalue weighted by Gasteiger charge is 2.26. The molecule has 17 heavy (non-hydrogen) atoms. The van der Waals surface area contributed by atoms with Crippen molar-refractivity contribution in [3.8, 4) is 0 Å². The van der Waals surface area contributed by atoms with Crippen LogP contribution in [0.3, 0.4) is 0 Å². The van der Waals surface area contributed by atoms with E-state index in [-0.39, 0.29) is 23.9 Å². The van der Waals surface area contributed by atoms with Crippen molar-refractivity contribution in [2.45, 2.75) is 45.7 Å². The molecule has 1 aliphatic rings. The lowest BCUT2D eigenvalue weighted by molar-refractivity contribution is -0.133. The van der Waals surface area contributed by atoms with E-state index in [4.69, 9.17) is 0 Å². The number of hydrogen-bond donors (Lipinski definition) is 2. The number of nitrogens with zero attached hydrogens (tertiary/aromatic N) is 1. The summed E-state index contributed by atoms with van der Waals surface area (Å²) in [5.41, 5.74) is 0. The quantitative estimate of drug-likeness (QED) is 0.718. The maximum Gasteiger partial charge on any atom is 0.239 e. The molecule has 2 N–H and O–H groups in total. The molecule has 0 aliphatic carbocycles. The summed E-state index contributed by atoms with van der Waals surface area (Å²) in [5, 5.41) is 5.92. The van der Waals surface area contributed by atoms with Gasteiger partial charge in [0.15, 0.2) is 0 Å². The van der Waals surface area contributed by atoms with Crippen LogP contribution in [-0.2, 0) is 9.59 Å². The number of nitrogens with one attached hydrogen (secondary N) is 2. The zero-order valence-electron chi connectivity index (χ0n) is 11.0. The van der Waals surface area contributed by atoms with Crippen molar-refractivity contribution in [2.75, 3.05) is 19.6 Å². The average molecular weight is 241 g/mol. The number of carbonyl (C=O) groups excluding carboxylic acids is 2. The summed E-state index contributed by atoms with van der Waals surface area (Å²) >= 11 is 0. The number of hydrogen-bond acceptors (Lipinski definition) is 3. The Morgan fingerprint density at radius 3 is 2.71 bits per heavy atom. The van der Waals surface area contributed by atoms with E-state index in [1.807, 2.05) is 20.8 Å². The van der Waals surface area contributed by atoms with Gasteiger partial charge in [0.25, 0.3) is 0 Å². The predicted molar refractivity (Wildman–Crippen MR) is 66.6 cm³/mol. The molecule has 5 nitrogen and oxygen atoms in total. The molecule has 0 saturated carbocycles. The topological polar surface area (TPSA) is 61.4 Å². The van der Waals surface area contributed by atoms with E-state index < -0.39 is 0 Å². The number of carbonyl (C=O) groups is 2. The highest BCUT2D eigenvalue weighted by atomic mass is 16.2. The molecule has 1 rings (SSSR count). The Hall–Kier alpha value is -1.10. The summed E-state index contributed by atoms with van der Waals surface area (Å²) in [6.45, 7) is 7.90. The number of amides is 2. The predicted octanol–water partition coefficient (Wildman–Crippen LogP) is 0.112. The Balaban J connectivity index is 2.49. The summed E-state index contributed by atoms with van der Waals surface area (Å²) in [4.78, 5) is 25.4. The normalized spacial score (nSPS) is 21.8. The second-order valence-electron chi connectivity index (χ2n) is 4.38. The Labute approximate surface area is 103 Å². The minimum Gasteiger partial charge on any atom is -0.355 e.